The summed E-state index contributed by atoms with van der Waals surface area (Å²) in [6.07, 6.45) is 1.39. The van der Waals surface area contributed by atoms with Crippen molar-refractivity contribution >= 4 is 43.5 Å². The lowest BCUT2D eigenvalue weighted by atomic mass is 10.2. The van der Waals surface area contributed by atoms with Crippen LogP contribution < -0.4 is 10.9 Å². The van der Waals surface area contributed by atoms with Crippen LogP contribution in [0.5, 0.6) is 0 Å². The van der Waals surface area contributed by atoms with E-state index in [4.69, 9.17) is 0 Å². The molecule has 2 heterocycles. The Kier molecular flexibility index (Phi) is 3.77. The first-order chi connectivity index (χ1) is 12.1. The van der Waals surface area contributed by atoms with Crippen molar-refractivity contribution in [2.75, 3.05) is 5.32 Å². The van der Waals surface area contributed by atoms with Gasteiger partial charge in [-0.05, 0) is 36.8 Å². The lowest BCUT2D eigenvalue weighted by molar-refractivity contribution is -0.116. The summed E-state index contributed by atoms with van der Waals surface area (Å²) in [7, 11) is 0. The van der Waals surface area contributed by atoms with E-state index < -0.39 is 0 Å². The predicted octanol–water partition coefficient (Wildman–Crippen LogP) is 2.95. The van der Waals surface area contributed by atoms with E-state index in [-0.39, 0.29) is 18.0 Å². The van der Waals surface area contributed by atoms with Crippen molar-refractivity contribution in [3.05, 3.63) is 64.7 Å². The molecule has 0 saturated carbocycles. The van der Waals surface area contributed by atoms with Crippen molar-refractivity contribution in [3.63, 3.8) is 0 Å². The van der Waals surface area contributed by atoms with Crippen molar-refractivity contribution in [3.8, 4) is 0 Å². The fourth-order valence-electron chi connectivity index (χ4n) is 2.62. The van der Waals surface area contributed by atoms with Crippen molar-refractivity contribution in [2.24, 2.45) is 0 Å². The Labute approximate surface area is 146 Å². The second-order valence-corrected chi connectivity index (χ2v) is 6.76. The Morgan fingerprint density at radius 2 is 2.04 bits per heavy atom. The molecule has 2 aromatic carbocycles. The van der Waals surface area contributed by atoms with Crippen LogP contribution in [0, 0.1) is 6.92 Å². The molecule has 4 rings (SSSR count). The average Bonchev–Trinajstić information content (AvgIpc) is 2.98. The molecule has 1 amide bonds. The van der Waals surface area contributed by atoms with E-state index in [2.05, 4.69) is 15.3 Å². The quantitative estimate of drug-likeness (QED) is 0.616. The van der Waals surface area contributed by atoms with Crippen LogP contribution in [0.3, 0.4) is 0 Å². The first kappa shape index (κ1) is 15.5. The summed E-state index contributed by atoms with van der Waals surface area (Å²) in [5.41, 5.74) is 2.37. The zero-order valence-corrected chi connectivity index (χ0v) is 14.2. The molecule has 0 bridgehead atoms. The number of benzene rings is 2. The Morgan fingerprint density at radius 1 is 1.20 bits per heavy atom. The van der Waals surface area contributed by atoms with Crippen LogP contribution >= 0.6 is 11.3 Å². The number of nitrogens with one attached hydrogen (secondary N) is 1. The number of fused-ring (bicyclic) bond motifs is 2. The van der Waals surface area contributed by atoms with Crippen molar-refractivity contribution in [1.82, 2.24) is 14.5 Å². The molecule has 2 aromatic heterocycles. The first-order valence-corrected chi connectivity index (χ1v) is 8.53. The minimum Gasteiger partial charge on any atom is -0.300 e. The van der Waals surface area contributed by atoms with Gasteiger partial charge in [-0.3, -0.25) is 14.2 Å². The maximum absolute atomic E-state index is 12.4. The molecule has 0 saturated heterocycles. The van der Waals surface area contributed by atoms with E-state index in [0.717, 1.165) is 15.8 Å². The number of nitrogens with zero attached hydrogens (tertiary/aromatic N) is 3. The first-order valence-electron chi connectivity index (χ1n) is 7.71. The molecular formula is C18H14N4O2S. The monoisotopic (exact) mass is 350 g/mol. The topological polar surface area (TPSA) is 76.9 Å². The van der Waals surface area contributed by atoms with E-state index in [1.807, 2.05) is 31.2 Å². The summed E-state index contributed by atoms with van der Waals surface area (Å²) in [5, 5.41) is 3.77. The zero-order valence-electron chi connectivity index (χ0n) is 13.4. The lowest BCUT2D eigenvalue weighted by Gasteiger charge is -2.06. The van der Waals surface area contributed by atoms with Crippen LogP contribution in [0.15, 0.2) is 53.6 Å². The van der Waals surface area contributed by atoms with Gasteiger partial charge in [0, 0.05) is 0 Å². The fraction of sp³-hybridized carbons (Fsp3) is 0.111. The Morgan fingerprint density at radius 3 is 2.92 bits per heavy atom. The molecule has 4 aromatic rings. The maximum Gasteiger partial charge on any atom is 0.261 e. The van der Waals surface area contributed by atoms with Crippen LogP contribution in [0.4, 0.5) is 5.13 Å². The van der Waals surface area contributed by atoms with Gasteiger partial charge < -0.3 is 5.32 Å². The molecule has 6 nitrogen and oxygen atoms in total. The Hall–Kier alpha value is -3.06. The highest BCUT2D eigenvalue weighted by Crippen LogP contribution is 2.26. The van der Waals surface area contributed by atoms with Crippen molar-refractivity contribution in [1.29, 1.82) is 0 Å². The molecule has 25 heavy (non-hydrogen) atoms. The fourth-order valence-corrected chi connectivity index (χ4v) is 3.60. The van der Waals surface area contributed by atoms with Crippen LogP contribution in [0.25, 0.3) is 21.1 Å². The number of hydrogen-bond acceptors (Lipinski definition) is 5. The van der Waals surface area contributed by atoms with Crippen molar-refractivity contribution < 1.29 is 4.79 Å². The van der Waals surface area contributed by atoms with Gasteiger partial charge in [-0.1, -0.05) is 29.5 Å². The third-order valence-electron chi connectivity index (χ3n) is 3.84. The smallest absolute Gasteiger partial charge is 0.261 e. The number of carbonyl (C=O) groups excluding carboxylic acids is 1. The minimum atomic E-state index is -0.310. The van der Waals surface area contributed by atoms with Gasteiger partial charge in [-0.25, -0.2) is 9.97 Å². The maximum atomic E-state index is 12.4. The van der Waals surface area contributed by atoms with Gasteiger partial charge in [-0.15, -0.1) is 0 Å². The summed E-state index contributed by atoms with van der Waals surface area (Å²) in [5.74, 6) is -0.310. The normalized spacial score (nSPS) is 11.1. The number of para-hydroxylation sites is 1. The summed E-state index contributed by atoms with van der Waals surface area (Å²) < 4.78 is 2.31. The number of hydrogen-bond donors (Lipinski definition) is 1. The largest absolute Gasteiger partial charge is 0.300 e. The minimum absolute atomic E-state index is 0.106. The molecule has 7 heteroatoms. The molecule has 0 atom stereocenters. The highest BCUT2D eigenvalue weighted by molar-refractivity contribution is 7.22. The number of carbonyl (C=O) groups is 1. The summed E-state index contributed by atoms with van der Waals surface area (Å²) in [6.45, 7) is 1.90. The molecule has 0 fully saturated rings. The van der Waals surface area contributed by atoms with E-state index in [1.54, 1.807) is 18.2 Å². The molecule has 0 radical (unpaired) electrons. The molecular weight excluding hydrogens is 336 g/mol. The number of anilines is 1. The van der Waals surface area contributed by atoms with Crippen LogP contribution in [0.1, 0.15) is 5.56 Å². The SMILES string of the molecule is Cc1ccc2nc(NC(=O)Cn3cnc4ccccc4c3=O)sc2c1. The van der Waals surface area contributed by atoms with Gasteiger partial charge in [-0.2, -0.15) is 0 Å². The second-order valence-electron chi connectivity index (χ2n) is 5.73. The number of aryl methyl sites for hydroxylation is 1. The van der Waals surface area contributed by atoms with Crippen LogP contribution in [-0.4, -0.2) is 20.4 Å². The zero-order chi connectivity index (χ0) is 17.4. The van der Waals surface area contributed by atoms with Crippen LogP contribution in [-0.2, 0) is 11.3 Å². The third kappa shape index (κ3) is 3.01. The summed E-state index contributed by atoms with van der Waals surface area (Å²) in [6, 6.07) is 13.0. The van der Waals surface area contributed by atoms with E-state index in [9.17, 15) is 9.59 Å². The third-order valence-corrected chi connectivity index (χ3v) is 4.77. The van der Waals surface area contributed by atoms with Crippen molar-refractivity contribution in [2.45, 2.75) is 13.5 Å². The standard InChI is InChI=1S/C18H14N4O2S/c1-11-6-7-14-15(8-11)25-18(20-14)21-16(23)9-22-10-19-13-5-3-2-4-12(13)17(22)24/h2-8,10H,9H2,1H3,(H,20,21,23). The van der Waals surface area contributed by atoms with E-state index >= 15 is 0 Å². The number of rotatable bonds is 3. The van der Waals surface area contributed by atoms with Crippen LogP contribution in [0.2, 0.25) is 0 Å². The van der Waals surface area contributed by atoms with Gasteiger partial charge in [0.1, 0.15) is 6.54 Å². The Bertz CT molecular complexity index is 1160. The highest BCUT2D eigenvalue weighted by Gasteiger charge is 2.11. The number of thiazole rings is 1. The van der Waals surface area contributed by atoms with Gasteiger partial charge >= 0.3 is 0 Å². The van der Waals surface area contributed by atoms with Gasteiger partial charge in [0.25, 0.3) is 5.56 Å². The van der Waals surface area contributed by atoms with E-state index in [0.29, 0.717) is 16.0 Å². The lowest BCUT2D eigenvalue weighted by Crippen LogP contribution is -2.27. The molecule has 1 N–H and O–H groups in total. The molecule has 0 aliphatic carbocycles. The molecule has 0 aliphatic rings. The predicted molar refractivity (Wildman–Crippen MR) is 99.0 cm³/mol. The van der Waals surface area contributed by atoms with E-state index in [1.165, 1.54) is 22.2 Å². The molecule has 0 aliphatic heterocycles. The van der Waals surface area contributed by atoms with Gasteiger partial charge in [0.2, 0.25) is 5.91 Å². The molecule has 0 unspecified atom stereocenters. The summed E-state index contributed by atoms with van der Waals surface area (Å²) in [4.78, 5) is 33.3. The number of amides is 1. The second kappa shape index (κ2) is 6.10. The average molecular weight is 350 g/mol. The molecule has 124 valence electrons. The molecule has 0 spiro atoms. The van der Waals surface area contributed by atoms with Gasteiger partial charge in [0.05, 0.1) is 27.4 Å². The highest BCUT2D eigenvalue weighted by atomic mass is 32.1. The Balaban J connectivity index is 1.57. The van der Waals surface area contributed by atoms with Gasteiger partial charge in [0.15, 0.2) is 5.13 Å². The number of aromatic nitrogens is 3. The summed E-state index contributed by atoms with van der Waals surface area (Å²) >= 11 is 1.41.